The molecule has 1 heterocycles. The molecule has 0 fully saturated rings. The maximum Gasteiger partial charge on any atom is 0.279 e. The van der Waals surface area contributed by atoms with Crippen molar-refractivity contribution in [3.05, 3.63) is 101 Å². The van der Waals surface area contributed by atoms with E-state index in [9.17, 15) is 8.42 Å². The Kier molecular flexibility index (Phi) is 5.14. The van der Waals surface area contributed by atoms with Gasteiger partial charge in [0.15, 0.2) is 0 Å². The number of halogens is 1. The minimum Gasteiger partial charge on any atom is -0.200 e. The average molecular weight is 421 g/mol. The third-order valence-corrected chi connectivity index (χ3v) is 6.73. The summed E-state index contributed by atoms with van der Waals surface area (Å²) in [5.41, 5.74) is 3.15. The summed E-state index contributed by atoms with van der Waals surface area (Å²) in [6, 6.07) is 23.3. The van der Waals surface area contributed by atoms with Crippen molar-refractivity contribution >= 4 is 27.3 Å². The molecule has 0 aromatic heterocycles. The number of nitrogens with zero attached hydrogens (tertiary/aromatic N) is 2. The Hall–Kier alpha value is -3.07. The molecule has 0 amide bonds. The predicted octanol–water partition coefficient (Wildman–Crippen LogP) is 4.51. The largest absolute Gasteiger partial charge is 0.279 e. The summed E-state index contributed by atoms with van der Waals surface area (Å²) < 4.78 is 27.5. The second-order valence-electron chi connectivity index (χ2n) is 6.63. The van der Waals surface area contributed by atoms with Crippen LogP contribution in [0.1, 0.15) is 22.6 Å². The summed E-state index contributed by atoms with van der Waals surface area (Å²) in [5, 5.41) is 5.13. The molecule has 1 aliphatic heterocycles. The zero-order valence-electron chi connectivity index (χ0n) is 15.4. The van der Waals surface area contributed by atoms with E-state index in [0.717, 1.165) is 11.1 Å². The van der Waals surface area contributed by atoms with Crippen LogP contribution in [0.4, 0.5) is 0 Å². The van der Waals surface area contributed by atoms with E-state index in [1.165, 1.54) is 16.5 Å². The van der Waals surface area contributed by atoms with Crippen molar-refractivity contribution in [3.63, 3.8) is 0 Å². The third-order valence-electron chi connectivity index (χ3n) is 4.83. The molecule has 6 heteroatoms. The lowest BCUT2D eigenvalue weighted by Crippen LogP contribution is -2.26. The van der Waals surface area contributed by atoms with Crippen molar-refractivity contribution in [2.24, 2.45) is 5.10 Å². The van der Waals surface area contributed by atoms with Crippen molar-refractivity contribution in [3.8, 4) is 12.3 Å². The van der Waals surface area contributed by atoms with Crippen molar-refractivity contribution in [2.45, 2.75) is 10.8 Å². The molecule has 144 valence electrons. The first kappa shape index (κ1) is 19.3. The van der Waals surface area contributed by atoms with Crippen molar-refractivity contribution in [1.82, 2.24) is 4.41 Å². The van der Waals surface area contributed by atoms with E-state index in [2.05, 4.69) is 11.0 Å². The molecule has 0 spiro atoms. The second-order valence-corrected chi connectivity index (χ2v) is 8.91. The number of hydrogen-bond donors (Lipinski definition) is 0. The van der Waals surface area contributed by atoms with Gasteiger partial charge in [-0.3, -0.25) is 0 Å². The first-order chi connectivity index (χ1) is 14.0. The van der Waals surface area contributed by atoms with E-state index < -0.39 is 10.0 Å². The number of hydrazone groups is 1. The van der Waals surface area contributed by atoms with Crippen molar-refractivity contribution in [2.75, 3.05) is 6.54 Å². The van der Waals surface area contributed by atoms with E-state index in [-0.39, 0.29) is 17.4 Å². The molecule has 3 aromatic carbocycles. The standard InChI is InChI=1S/C23H17ClN2O2S/c1-2-17-8-14-21(15-9-17)29(27,28)26-16-22(18-6-4-3-5-7-18)23(25-26)19-10-12-20(24)13-11-19/h1,3-15,22H,16H2. The maximum atomic E-state index is 13.2. The molecular formula is C23H17ClN2O2S. The van der Waals surface area contributed by atoms with Gasteiger partial charge in [-0.15, -0.1) is 6.42 Å². The molecule has 29 heavy (non-hydrogen) atoms. The molecule has 0 radical (unpaired) electrons. The number of hydrogen-bond acceptors (Lipinski definition) is 3. The summed E-state index contributed by atoms with van der Waals surface area (Å²) in [6.45, 7) is 0.223. The van der Waals surface area contributed by atoms with Crippen LogP contribution in [0.25, 0.3) is 0 Å². The molecule has 0 saturated carbocycles. The highest BCUT2D eigenvalue weighted by molar-refractivity contribution is 7.89. The van der Waals surface area contributed by atoms with Gasteiger partial charge >= 0.3 is 0 Å². The molecule has 0 saturated heterocycles. The molecule has 0 N–H and O–H groups in total. The zero-order valence-corrected chi connectivity index (χ0v) is 16.9. The van der Waals surface area contributed by atoms with Gasteiger partial charge in [-0.25, -0.2) is 0 Å². The van der Waals surface area contributed by atoms with Gasteiger partial charge in [0.2, 0.25) is 0 Å². The van der Waals surface area contributed by atoms with Gasteiger partial charge in [0.05, 0.1) is 17.2 Å². The monoisotopic (exact) mass is 420 g/mol. The highest BCUT2D eigenvalue weighted by Gasteiger charge is 2.35. The summed E-state index contributed by atoms with van der Waals surface area (Å²) >= 11 is 6.02. The Morgan fingerprint density at radius 3 is 2.24 bits per heavy atom. The summed E-state index contributed by atoms with van der Waals surface area (Å²) in [5.74, 6) is 2.31. The quantitative estimate of drug-likeness (QED) is 0.583. The maximum absolute atomic E-state index is 13.2. The van der Waals surface area contributed by atoms with Crippen LogP contribution in [0.3, 0.4) is 0 Å². The summed E-state index contributed by atoms with van der Waals surface area (Å²) in [4.78, 5) is 0.157. The molecule has 4 nitrogen and oxygen atoms in total. The molecule has 1 unspecified atom stereocenters. The molecular weight excluding hydrogens is 404 g/mol. The first-order valence-electron chi connectivity index (χ1n) is 8.98. The molecule has 1 atom stereocenters. The fraction of sp³-hybridized carbons (Fsp3) is 0.0870. The molecule has 1 aliphatic rings. The Morgan fingerprint density at radius 1 is 0.966 bits per heavy atom. The van der Waals surface area contributed by atoms with Crippen LogP contribution in [-0.2, 0) is 10.0 Å². The average Bonchev–Trinajstić information content (AvgIpc) is 3.21. The van der Waals surface area contributed by atoms with Crippen LogP contribution in [0.2, 0.25) is 5.02 Å². The fourth-order valence-electron chi connectivity index (χ4n) is 3.30. The molecule has 0 aliphatic carbocycles. The van der Waals surface area contributed by atoms with E-state index in [1.807, 2.05) is 42.5 Å². The van der Waals surface area contributed by atoms with Crippen LogP contribution in [0, 0.1) is 12.3 Å². The lowest BCUT2D eigenvalue weighted by atomic mass is 9.91. The smallest absolute Gasteiger partial charge is 0.200 e. The van der Waals surface area contributed by atoms with Gasteiger partial charge in [0, 0.05) is 16.5 Å². The number of benzene rings is 3. The van der Waals surface area contributed by atoms with Gasteiger partial charge in [0.1, 0.15) is 0 Å². The number of sulfonamides is 1. The van der Waals surface area contributed by atoms with Gasteiger partial charge in [-0.2, -0.15) is 17.9 Å². The SMILES string of the molecule is C#Cc1ccc(S(=O)(=O)N2CC(c3ccccc3)C(c3ccc(Cl)cc3)=N2)cc1. The normalized spacial score (nSPS) is 16.3. The molecule has 3 aromatic rings. The topological polar surface area (TPSA) is 49.7 Å². The van der Waals surface area contributed by atoms with E-state index >= 15 is 0 Å². The second kappa shape index (κ2) is 7.75. The lowest BCUT2D eigenvalue weighted by molar-refractivity contribution is 0.451. The highest BCUT2D eigenvalue weighted by Crippen LogP contribution is 2.32. The van der Waals surface area contributed by atoms with Crippen molar-refractivity contribution in [1.29, 1.82) is 0 Å². The summed E-state index contributed by atoms with van der Waals surface area (Å²) in [7, 11) is -3.80. The Labute approximate surface area is 175 Å². The lowest BCUT2D eigenvalue weighted by Gasteiger charge is -2.17. The van der Waals surface area contributed by atoms with Crippen LogP contribution >= 0.6 is 11.6 Å². The van der Waals surface area contributed by atoms with Crippen LogP contribution in [0.15, 0.2) is 88.9 Å². The summed E-state index contributed by atoms with van der Waals surface area (Å²) in [6.07, 6.45) is 5.37. The van der Waals surface area contributed by atoms with Gasteiger partial charge < -0.3 is 0 Å². The Bertz CT molecular complexity index is 1200. The van der Waals surface area contributed by atoms with E-state index in [0.29, 0.717) is 16.3 Å². The molecule has 4 rings (SSSR count). The van der Waals surface area contributed by atoms with E-state index in [4.69, 9.17) is 18.0 Å². The van der Waals surface area contributed by atoms with Crippen LogP contribution < -0.4 is 0 Å². The molecule has 0 bridgehead atoms. The Balaban J connectivity index is 1.76. The number of terminal acetylenes is 1. The van der Waals surface area contributed by atoms with Gasteiger partial charge in [-0.1, -0.05) is 60.0 Å². The number of rotatable bonds is 4. The van der Waals surface area contributed by atoms with E-state index in [1.54, 1.807) is 24.3 Å². The fourth-order valence-corrected chi connectivity index (χ4v) is 4.69. The minimum atomic E-state index is -3.80. The zero-order chi connectivity index (χ0) is 20.4. The third kappa shape index (κ3) is 3.77. The first-order valence-corrected chi connectivity index (χ1v) is 10.8. The highest BCUT2D eigenvalue weighted by atomic mass is 35.5. The predicted molar refractivity (Wildman–Crippen MR) is 115 cm³/mol. The minimum absolute atomic E-state index is 0.157. The Morgan fingerprint density at radius 2 is 1.62 bits per heavy atom. The van der Waals surface area contributed by atoms with Crippen molar-refractivity contribution < 1.29 is 8.42 Å². The van der Waals surface area contributed by atoms with Crippen LogP contribution in [-0.4, -0.2) is 25.1 Å². The van der Waals surface area contributed by atoms with Crippen LogP contribution in [0.5, 0.6) is 0 Å². The van der Waals surface area contributed by atoms with Gasteiger partial charge in [0.25, 0.3) is 10.0 Å². The van der Waals surface area contributed by atoms with Gasteiger partial charge in [-0.05, 0) is 47.5 Å².